The number of phenols is 1. The van der Waals surface area contributed by atoms with Gasteiger partial charge >= 0.3 is 0 Å². The number of piperidine rings is 1. The van der Waals surface area contributed by atoms with Crippen molar-refractivity contribution in [2.24, 2.45) is 0 Å². The third-order valence-electron chi connectivity index (χ3n) is 9.04. The number of benzene rings is 2. The summed E-state index contributed by atoms with van der Waals surface area (Å²) >= 11 is 3.49. The molecule has 35 heavy (non-hydrogen) atoms. The molecule has 2 heterocycles. The molecule has 1 unspecified atom stereocenters. The van der Waals surface area contributed by atoms with E-state index in [0.717, 1.165) is 34.3 Å². The van der Waals surface area contributed by atoms with E-state index in [1.165, 1.54) is 0 Å². The van der Waals surface area contributed by atoms with Gasteiger partial charge in [-0.2, -0.15) is 0 Å². The van der Waals surface area contributed by atoms with E-state index >= 15 is 0 Å². The third-order valence-corrected chi connectivity index (χ3v) is 9.53. The summed E-state index contributed by atoms with van der Waals surface area (Å²) in [4.78, 5) is 17.6. The Morgan fingerprint density at radius 1 is 1.34 bits per heavy atom. The minimum absolute atomic E-state index is 0.0235. The Morgan fingerprint density at radius 3 is 2.94 bits per heavy atom. The van der Waals surface area contributed by atoms with Crippen LogP contribution >= 0.6 is 15.9 Å². The Bertz CT molecular complexity index is 1220. The molecule has 1 amide bonds. The molecule has 2 aliphatic heterocycles. The van der Waals surface area contributed by atoms with Gasteiger partial charge in [-0.25, -0.2) is 0 Å². The van der Waals surface area contributed by atoms with Crippen molar-refractivity contribution in [3.05, 3.63) is 70.2 Å². The summed E-state index contributed by atoms with van der Waals surface area (Å²) in [5.41, 5.74) is 1.41. The highest BCUT2D eigenvalue weighted by Crippen LogP contribution is 2.65. The average Bonchev–Trinajstić information content (AvgIpc) is 3.18. The predicted molar refractivity (Wildman–Crippen MR) is 137 cm³/mol. The van der Waals surface area contributed by atoms with Crippen molar-refractivity contribution >= 4 is 21.8 Å². The molecule has 7 heteroatoms. The SMILES string of the molecule is C=CCN1CC[C@]23c4c5ccc(O)c4O[C@H]2[C@@H](N(C)C(=O)Cc2cccc(Br)c2)CCC3(O)[C@H]1C5. The highest BCUT2D eigenvalue weighted by atomic mass is 79.9. The quantitative estimate of drug-likeness (QED) is 0.569. The molecule has 2 aliphatic carbocycles. The van der Waals surface area contributed by atoms with Crippen molar-refractivity contribution in [2.75, 3.05) is 20.1 Å². The molecule has 1 spiro atoms. The van der Waals surface area contributed by atoms with E-state index < -0.39 is 17.1 Å². The summed E-state index contributed by atoms with van der Waals surface area (Å²) in [6.07, 6.45) is 4.45. The first-order valence-electron chi connectivity index (χ1n) is 12.4. The van der Waals surface area contributed by atoms with Crippen LogP contribution in [-0.2, 0) is 23.1 Å². The third kappa shape index (κ3) is 3.11. The summed E-state index contributed by atoms with van der Waals surface area (Å²) < 4.78 is 7.52. The van der Waals surface area contributed by atoms with Crippen molar-refractivity contribution in [1.29, 1.82) is 0 Å². The number of likely N-dealkylation sites (tertiary alicyclic amines) is 1. The minimum atomic E-state index is -0.990. The number of carbonyl (C=O) groups is 1. The number of aromatic hydroxyl groups is 1. The zero-order valence-corrected chi connectivity index (χ0v) is 21.5. The van der Waals surface area contributed by atoms with Crippen LogP contribution in [0.2, 0.25) is 0 Å². The van der Waals surface area contributed by atoms with Gasteiger partial charge < -0.3 is 19.8 Å². The number of amides is 1. The number of aliphatic hydroxyl groups is 1. The lowest BCUT2D eigenvalue weighted by Crippen LogP contribution is -2.78. The van der Waals surface area contributed by atoms with Gasteiger partial charge in [0.25, 0.3) is 0 Å². The Labute approximate surface area is 214 Å². The van der Waals surface area contributed by atoms with E-state index in [9.17, 15) is 15.0 Å². The van der Waals surface area contributed by atoms with Gasteiger partial charge in [0.1, 0.15) is 6.10 Å². The van der Waals surface area contributed by atoms with Crippen molar-refractivity contribution in [1.82, 2.24) is 9.80 Å². The van der Waals surface area contributed by atoms with Crippen LogP contribution in [0.25, 0.3) is 0 Å². The summed E-state index contributed by atoms with van der Waals surface area (Å²) in [6, 6.07) is 11.3. The molecule has 184 valence electrons. The lowest BCUT2D eigenvalue weighted by Gasteiger charge is -2.64. The summed E-state index contributed by atoms with van der Waals surface area (Å²) in [5, 5.41) is 23.2. The maximum atomic E-state index is 13.4. The molecule has 4 aliphatic rings. The highest BCUT2D eigenvalue weighted by molar-refractivity contribution is 9.10. The fourth-order valence-corrected chi connectivity index (χ4v) is 7.96. The predicted octanol–water partition coefficient (Wildman–Crippen LogP) is 3.56. The van der Waals surface area contributed by atoms with Gasteiger partial charge in [0.15, 0.2) is 11.5 Å². The van der Waals surface area contributed by atoms with Gasteiger partial charge in [0, 0.05) is 29.7 Å². The van der Waals surface area contributed by atoms with E-state index in [4.69, 9.17) is 4.74 Å². The lowest BCUT2D eigenvalue weighted by atomic mass is 9.48. The van der Waals surface area contributed by atoms with Gasteiger partial charge in [0.2, 0.25) is 5.91 Å². The highest BCUT2D eigenvalue weighted by Gasteiger charge is 2.73. The molecule has 2 fully saturated rings. The number of halogens is 1. The Hall–Kier alpha value is -2.35. The van der Waals surface area contributed by atoms with E-state index in [-0.39, 0.29) is 23.7 Å². The summed E-state index contributed by atoms with van der Waals surface area (Å²) in [6.45, 7) is 5.47. The summed E-state index contributed by atoms with van der Waals surface area (Å²) in [5.74, 6) is 0.639. The number of hydrogen-bond acceptors (Lipinski definition) is 5. The molecule has 0 aromatic heterocycles. The Kier molecular flexibility index (Phi) is 5.33. The second-order valence-electron chi connectivity index (χ2n) is 10.6. The number of nitrogens with zero attached hydrogens (tertiary/aromatic N) is 2. The van der Waals surface area contributed by atoms with Crippen LogP contribution < -0.4 is 4.74 Å². The van der Waals surface area contributed by atoms with Gasteiger partial charge in [0.05, 0.1) is 23.5 Å². The average molecular weight is 539 g/mol. The van der Waals surface area contributed by atoms with Crippen LogP contribution in [0.15, 0.2) is 53.5 Å². The number of carbonyl (C=O) groups excluding carboxylic acids is 1. The van der Waals surface area contributed by atoms with E-state index in [2.05, 4.69) is 27.4 Å². The van der Waals surface area contributed by atoms with Crippen LogP contribution in [0.3, 0.4) is 0 Å². The zero-order valence-electron chi connectivity index (χ0n) is 19.9. The molecule has 6 rings (SSSR count). The Morgan fingerprint density at radius 2 is 2.17 bits per heavy atom. The molecule has 2 N–H and O–H groups in total. The summed E-state index contributed by atoms with van der Waals surface area (Å²) in [7, 11) is 1.85. The number of rotatable bonds is 5. The van der Waals surface area contributed by atoms with Crippen LogP contribution in [0.4, 0.5) is 0 Å². The van der Waals surface area contributed by atoms with Gasteiger partial charge in [-0.3, -0.25) is 9.69 Å². The molecule has 0 radical (unpaired) electrons. The first kappa shape index (κ1) is 23.1. The number of likely N-dealkylation sites (N-methyl/N-ethyl adjacent to an activating group) is 1. The Balaban J connectivity index is 1.40. The fraction of sp³-hybridized carbons (Fsp3) is 0.464. The molecule has 1 saturated carbocycles. The molecular formula is C28H31BrN2O4. The topological polar surface area (TPSA) is 73.2 Å². The fourth-order valence-electron chi connectivity index (χ4n) is 7.52. The zero-order chi connectivity index (χ0) is 24.5. The van der Waals surface area contributed by atoms with Crippen LogP contribution in [-0.4, -0.2) is 69.8 Å². The maximum absolute atomic E-state index is 13.4. The second-order valence-corrected chi connectivity index (χ2v) is 11.5. The normalized spacial score (nSPS) is 32.5. The largest absolute Gasteiger partial charge is 0.504 e. The monoisotopic (exact) mass is 538 g/mol. The van der Waals surface area contributed by atoms with Crippen molar-refractivity contribution in [3.63, 3.8) is 0 Å². The molecule has 6 nitrogen and oxygen atoms in total. The lowest BCUT2D eigenvalue weighted by molar-refractivity contribution is -0.198. The van der Waals surface area contributed by atoms with E-state index in [1.54, 1.807) is 6.07 Å². The molecule has 2 aromatic rings. The molecule has 2 aromatic carbocycles. The standard InChI is InChI=1S/C28H31BrN2O4/c1-3-12-31-13-11-27-24-18-7-8-21(32)25(24)35-26(27)20(9-10-28(27,34)22(31)16-18)30(2)23(33)15-17-5-4-6-19(29)14-17/h3-8,14,20,22,26,32,34H,1,9-13,15-16H2,2H3/t20-,22+,26-,27-,28?/m0/s1. The van der Waals surface area contributed by atoms with Crippen molar-refractivity contribution in [2.45, 2.75) is 61.3 Å². The molecular weight excluding hydrogens is 508 g/mol. The smallest absolute Gasteiger partial charge is 0.227 e. The first-order chi connectivity index (χ1) is 16.8. The molecule has 5 atom stereocenters. The number of phenolic OH excluding ortho intramolecular Hbond substituents is 1. The first-order valence-corrected chi connectivity index (χ1v) is 13.2. The van der Waals surface area contributed by atoms with Crippen molar-refractivity contribution < 1.29 is 19.7 Å². The molecule has 2 bridgehead atoms. The van der Waals surface area contributed by atoms with E-state index in [0.29, 0.717) is 37.9 Å². The van der Waals surface area contributed by atoms with Crippen LogP contribution in [0.1, 0.15) is 36.0 Å². The van der Waals surface area contributed by atoms with E-state index in [1.807, 2.05) is 48.4 Å². The number of ether oxygens (including phenoxy) is 1. The van der Waals surface area contributed by atoms with Gasteiger partial charge in [-0.05, 0) is 61.6 Å². The molecule has 1 saturated heterocycles. The van der Waals surface area contributed by atoms with Gasteiger partial charge in [-0.15, -0.1) is 6.58 Å². The number of hydrogen-bond donors (Lipinski definition) is 2. The van der Waals surface area contributed by atoms with Crippen LogP contribution in [0, 0.1) is 0 Å². The van der Waals surface area contributed by atoms with Gasteiger partial charge in [-0.1, -0.05) is 40.2 Å². The minimum Gasteiger partial charge on any atom is -0.504 e. The second kappa shape index (κ2) is 8.08. The van der Waals surface area contributed by atoms with Crippen LogP contribution in [0.5, 0.6) is 11.5 Å². The maximum Gasteiger partial charge on any atom is 0.227 e. The van der Waals surface area contributed by atoms with Crippen molar-refractivity contribution in [3.8, 4) is 11.5 Å².